The Bertz CT molecular complexity index is 698. The first-order valence-corrected chi connectivity index (χ1v) is 7.73. The van der Waals surface area contributed by atoms with E-state index in [1.807, 2.05) is 0 Å². The summed E-state index contributed by atoms with van der Waals surface area (Å²) >= 11 is 11.9. The summed E-state index contributed by atoms with van der Waals surface area (Å²) in [6.07, 6.45) is 1.46. The minimum atomic E-state index is -3.80. The molecule has 20 heavy (non-hydrogen) atoms. The van der Waals surface area contributed by atoms with Gasteiger partial charge in [-0.15, -0.1) is 0 Å². The molecule has 0 bridgehead atoms. The Labute approximate surface area is 126 Å². The SMILES string of the molecule is COc1cc(Cl)c(S(=O)(=O)NCc2ccco2)cc1Cl. The summed E-state index contributed by atoms with van der Waals surface area (Å²) in [4.78, 5) is -0.114. The Morgan fingerprint density at radius 3 is 2.65 bits per heavy atom. The molecule has 0 aliphatic rings. The monoisotopic (exact) mass is 335 g/mol. The van der Waals surface area contributed by atoms with Crippen LogP contribution >= 0.6 is 23.2 Å². The summed E-state index contributed by atoms with van der Waals surface area (Å²) in [5.74, 6) is 0.797. The normalized spacial score (nSPS) is 11.6. The van der Waals surface area contributed by atoms with Gasteiger partial charge >= 0.3 is 0 Å². The van der Waals surface area contributed by atoms with Crippen molar-refractivity contribution in [2.45, 2.75) is 11.4 Å². The summed E-state index contributed by atoms with van der Waals surface area (Å²) < 4.78 is 36.7. The van der Waals surface area contributed by atoms with Crippen LogP contribution in [-0.4, -0.2) is 15.5 Å². The lowest BCUT2D eigenvalue weighted by Crippen LogP contribution is -2.23. The van der Waals surface area contributed by atoms with E-state index < -0.39 is 10.0 Å². The van der Waals surface area contributed by atoms with Crippen LogP contribution in [0.1, 0.15) is 5.76 Å². The number of hydrogen-bond donors (Lipinski definition) is 1. The second-order valence-corrected chi connectivity index (χ2v) is 6.37. The first-order valence-electron chi connectivity index (χ1n) is 5.49. The minimum absolute atomic E-state index is 0.0231. The van der Waals surface area contributed by atoms with E-state index in [1.54, 1.807) is 12.1 Å². The van der Waals surface area contributed by atoms with Crippen LogP contribution in [0.2, 0.25) is 10.0 Å². The van der Waals surface area contributed by atoms with Gasteiger partial charge in [-0.25, -0.2) is 13.1 Å². The van der Waals surface area contributed by atoms with Crippen LogP contribution < -0.4 is 9.46 Å². The molecule has 0 fully saturated rings. The fraction of sp³-hybridized carbons (Fsp3) is 0.167. The zero-order valence-corrected chi connectivity index (χ0v) is 12.7. The van der Waals surface area contributed by atoms with Crippen molar-refractivity contribution in [1.82, 2.24) is 4.72 Å². The van der Waals surface area contributed by atoms with Crippen molar-refractivity contribution in [3.63, 3.8) is 0 Å². The molecule has 0 spiro atoms. The van der Waals surface area contributed by atoms with Crippen molar-refractivity contribution in [3.05, 3.63) is 46.3 Å². The number of hydrogen-bond acceptors (Lipinski definition) is 4. The van der Waals surface area contributed by atoms with E-state index in [0.29, 0.717) is 11.5 Å². The van der Waals surface area contributed by atoms with Crippen molar-refractivity contribution in [2.24, 2.45) is 0 Å². The molecule has 2 aromatic rings. The summed E-state index contributed by atoms with van der Waals surface area (Å²) in [7, 11) is -2.38. The maximum Gasteiger partial charge on any atom is 0.242 e. The molecular formula is C12H11Cl2NO4S. The van der Waals surface area contributed by atoms with Gasteiger partial charge in [-0.3, -0.25) is 0 Å². The molecule has 0 aliphatic carbocycles. The molecule has 0 radical (unpaired) electrons. The van der Waals surface area contributed by atoms with Crippen LogP contribution in [0.3, 0.4) is 0 Å². The fourth-order valence-corrected chi connectivity index (χ4v) is 3.37. The van der Waals surface area contributed by atoms with Gasteiger partial charge in [0.25, 0.3) is 0 Å². The van der Waals surface area contributed by atoms with Gasteiger partial charge in [0.05, 0.1) is 30.0 Å². The predicted molar refractivity (Wildman–Crippen MR) is 75.7 cm³/mol. The lowest BCUT2D eigenvalue weighted by molar-refractivity contribution is 0.414. The zero-order chi connectivity index (χ0) is 14.8. The van der Waals surface area contributed by atoms with E-state index in [4.69, 9.17) is 32.4 Å². The maximum atomic E-state index is 12.2. The highest BCUT2D eigenvalue weighted by molar-refractivity contribution is 7.89. The number of furan rings is 1. The molecule has 0 unspecified atom stereocenters. The topological polar surface area (TPSA) is 68.5 Å². The molecular weight excluding hydrogens is 325 g/mol. The molecule has 1 heterocycles. The quantitative estimate of drug-likeness (QED) is 0.911. The Kier molecular flexibility index (Phi) is 4.59. The highest BCUT2D eigenvalue weighted by Gasteiger charge is 2.20. The van der Waals surface area contributed by atoms with Crippen molar-refractivity contribution >= 4 is 33.2 Å². The second kappa shape index (κ2) is 6.05. The van der Waals surface area contributed by atoms with Crippen molar-refractivity contribution in [2.75, 3.05) is 7.11 Å². The Morgan fingerprint density at radius 2 is 2.05 bits per heavy atom. The molecule has 0 atom stereocenters. The highest BCUT2D eigenvalue weighted by atomic mass is 35.5. The van der Waals surface area contributed by atoms with Gasteiger partial charge in [-0.05, 0) is 18.2 Å². The maximum absolute atomic E-state index is 12.2. The van der Waals surface area contributed by atoms with Crippen LogP contribution in [0.5, 0.6) is 5.75 Å². The van der Waals surface area contributed by atoms with Crippen molar-refractivity contribution in [1.29, 1.82) is 0 Å². The van der Waals surface area contributed by atoms with Gasteiger partial charge in [0, 0.05) is 6.07 Å². The third kappa shape index (κ3) is 3.27. The van der Waals surface area contributed by atoms with Crippen LogP contribution in [0.4, 0.5) is 0 Å². The largest absolute Gasteiger partial charge is 0.495 e. The third-order valence-corrected chi connectivity index (χ3v) is 4.67. The summed E-state index contributed by atoms with van der Waals surface area (Å²) in [5, 5.41) is 0.188. The van der Waals surface area contributed by atoms with E-state index in [-0.39, 0.29) is 21.5 Å². The molecule has 8 heteroatoms. The molecule has 108 valence electrons. The van der Waals surface area contributed by atoms with E-state index in [2.05, 4.69) is 4.72 Å². The van der Waals surface area contributed by atoms with Gasteiger partial charge in [0.15, 0.2) is 0 Å². The van der Waals surface area contributed by atoms with E-state index in [0.717, 1.165) is 0 Å². The fourth-order valence-electron chi connectivity index (χ4n) is 1.53. The van der Waals surface area contributed by atoms with E-state index in [1.165, 1.54) is 25.5 Å². The number of rotatable bonds is 5. The van der Waals surface area contributed by atoms with Gasteiger partial charge in [0.1, 0.15) is 16.4 Å². The summed E-state index contributed by atoms with van der Waals surface area (Å²) in [6.45, 7) is 0.0231. The van der Waals surface area contributed by atoms with E-state index >= 15 is 0 Å². The smallest absolute Gasteiger partial charge is 0.242 e. The van der Waals surface area contributed by atoms with Crippen LogP contribution in [0.25, 0.3) is 0 Å². The molecule has 0 aliphatic heterocycles. The van der Waals surface area contributed by atoms with Crippen LogP contribution in [0, 0.1) is 0 Å². The first-order chi connectivity index (χ1) is 9.44. The molecule has 0 saturated carbocycles. The average molecular weight is 336 g/mol. The Morgan fingerprint density at radius 1 is 1.30 bits per heavy atom. The third-order valence-electron chi connectivity index (χ3n) is 2.51. The summed E-state index contributed by atoms with van der Waals surface area (Å²) in [5.41, 5.74) is 0. The Hall–Kier alpha value is -1.21. The molecule has 0 amide bonds. The van der Waals surface area contributed by atoms with Gasteiger partial charge in [-0.1, -0.05) is 23.2 Å². The number of sulfonamides is 1. The lowest BCUT2D eigenvalue weighted by Gasteiger charge is -2.10. The predicted octanol–water partition coefficient (Wildman–Crippen LogP) is 3.07. The standard InChI is InChI=1S/C12H11Cl2NO4S/c1-18-11-5-10(14)12(6-9(11)13)20(16,17)15-7-8-3-2-4-19-8/h2-6,15H,7H2,1H3. The highest BCUT2D eigenvalue weighted by Crippen LogP contribution is 2.33. The molecule has 0 saturated heterocycles. The number of nitrogens with one attached hydrogen (secondary N) is 1. The number of halogens is 2. The van der Waals surface area contributed by atoms with Crippen LogP contribution in [0.15, 0.2) is 39.8 Å². The zero-order valence-electron chi connectivity index (χ0n) is 10.4. The minimum Gasteiger partial charge on any atom is -0.495 e. The lowest BCUT2D eigenvalue weighted by atomic mass is 10.3. The van der Waals surface area contributed by atoms with Crippen LogP contribution in [-0.2, 0) is 16.6 Å². The Balaban J connectivity index is 2.27. The first kappa shape index (κ1) is 15.2. The molecule has 1 N–H and O–H groups in total. The number of ether oxygens (including phenoxy) is 1. The number of benzene rings is 1. The van der Waals surface area contributed by atoms with Crippen molar-refractivity contribution < 1.29 is 17.6 Å². The van der Waals surface area contributed by atoms with Gasteiger partial charge in [0.2, 0.25) is 10.0 Å². The number of methoxy groups -OCH3 is 1. The summed E-state index contributed by atoms with van der Waals surface area (Å²) in [6, 6.07) is 5.92. The van der Waals surface area contributed by atoms with Gasteiger partial charge < -0.3 is 9.15 Å². The molecule has 1 aromatic carbocycles. The van der Waals surface area contributed by atoms with Gasteiger partial charge in [-0.2, -0.15) is 0 Å². The second-order valence-electron chi connectivity index (χ2n) is 3.82. The van der Waals surface area contributed by atoms with E-state index in [9.17, 15) is 8.42 Å². The molecule has 1 aromatic heterocycles. The average Bonchev–Trinajstić information content (AvgIpc) is 2.92. The molecule has 5 nitrogen and oxygen atoms in total. The van der Waals surface area contributed by atoms with Crippen molar-refractivity contribution in [3.8, 4) is 5.75 Å². The molecule has 2 rings (SSSR count).